The minimum Gasteiger partial charge on any atom is -0.461 e. The Morgan fingerprint density at radius 1 is 1.25 bits per heavy atom. The largest absolute Gasteiger partial charge is 0.461 e. The second-order valence-corrected chi connectivity index (χ2v) is 8.40. The van der Waals surface area contributed by atoms with Crippen LogP contribution in [-0.2, 0) is 24.2 Å². The summed E-state index contributed by atoms with van der Waals surface area (Å²) in [4.78, 5) is 12.4. The standard InChI is InChI=1S/C21H24N4O2S/c1-14(2)12-25-20(18-7-4-10-27-18)23-24-21(25)28-13-19(26)22-17-9-8-15-5-3-6-16(15)11-17/h4,7-11,14H,3,5-6,12-13H2,1-2H3,(H,22,26). The van der Waals surface area contributed by atoms with E-state index in [0.717, 1.165) is 30.2 Å². The van der Waals surface area contributed by atoms with Gasteiger partial charge in [-0.3, -0.25) is 9.36 Å². The third-order valence-electron chi connectivity index (χ3n) is 4.72. The molecule has 0 saturated heterocycles. The minimum absolute atomic E-state index is 0.0402. The van der Waals surface area contributed by atoms with E-state index in [1.165, 1.54) is 29.3 Å². The number of nitrogens with zero attached hydrogens (tertiary/aromatic N) is 3. The number of hydrogen-bond acceptors (Lipinski definition) is 5. The summed E-state index contributed by atoms with van der Waals surface area (Å²) in [7, 11) is 0. The van der Waals surface area contributed by atoms with Gasteiger partial charge in [-0.25, -0.2) is 0 Å². The van der Waals surface area contributed by atoms with Gasteiger partial charge in [-0.2, -0.15) is 0 Å². The number of fused-ring (bicyclic) bond motifs is 1. The van der Waals surface area contributed by atoms with E-state index in [-0.39, 0.29) is 11.7 Å². The zero-order valence-corrected chi connectivity index (χ0v) is 17.0. The summed E-state index contributed by atoms with van der Waals surface area (Å²) in [5, 5.41) is 12.3. The van der Waals surface area contributed by atoms with E-state index in [2.05, 4.69) is 41.5 Å². The summed E-state index contributed by atoms with van der Waals surface area (Å²) in [6.07, 6.45) is 5.07. The van der Waals surface area contributed by atoms with E-state index in [4.69, 9.17) is 4.42 Å². The Hall–Kier alpha value is -2.54. The second-order valence-electron chi connectivity index (χ2n) is 7.46. The Kier molecular flexibility index (Phi) is 5.52. The molecule has 0 fully saturated rings. The average Bonchev–Trinajstić information content (AvgIpc) is 3.40. The average molecular weight is 397 g/mol. The smallest absolute Gasteiger partial charge is 0.234 e. The number of thioether (sulfide) groups is 1. The van der Waals surface area contributed by atoms with Crippen LogP contribution in [0.2, 0.25) is 0 Å². The van der Waals surface area contributed by atoms with E-state index in [9.17, 15) is 4.79 Å². The molecule has 0 radical (unpaired) electrons. The Morgan fingerprint density at radius 3 is 2.89 bits per heavy atom. The van der Waals surface area contributed by atoms with Gasteiger partial charge >= 0.3 is 0 Å². The molecular weight excluding hydrogens is 372 g/mol. The Balaban J connectivity index is 1.43. The van der Waals surface area contributed by atoms with Crippen LogP contribution in [0.25, 0.3) is 11.6 Å². The number of aryl methyl sites for hydroxylation is 2. The van der Waals surface area contributed by atoms with Crippen molar-refractivity contribution in [2.24, 2.45) is 5.92 Å². The molecule has 3 aromatic rings. The number of aromatic nitrogens is 3. The highest BCUT2D eigenvalue weighted by atomic mass is 32.2. The summed E-state index contributed by atoms with van der Waals surface area (Å²) < 4.78 is 7.51. The number of carbonyl (C=O) groups excluding carboxylic acids is 1. The molecular formula is C21H24N4O2S. The van der Waals surface area contributed by atoms with Crippen LogP contribution in [0.1, 0.15) is 31.4 Å². The van der Waals surface area contributed by atoms with Crippen molar-refractivity contribution in [2.45, 2.75) is 44.8 Å². The van der Waals surface area contributed by atoms with Gasteiger partial charge in [0.15, 0.2) is 16.7 Å². The molecule has 4 rings (SSSR count). The molecule has 1 aliphatic carbocycles. The molecule has 146 valence electrons. The van der Waals surface area contributed by atoms with Crippen LogP contribution in [0.15, 0.2) is 46.2 Å². The van der Waals surface area contributed by atoms with Crippen LogP contribution in [0.5, 0.6) is 0 Å². The molecule has 0 saturated carbocycles. The van der Waals surface area contributed by atoms with Crippen LogP contribution in [0.3, 0.4) is 0 Å². The number of rotatable bonds is 7. The SMILES string of the molecule is CC(C)Cn1c(SCC(=O)Nc2ccc3c(c2)CCC3)nnc1-c1ccco1. The molecule has 1 aliphatic rings. The molecule has 2 aromatic heterocycles. The number of nitrogens with one attached hydrogen (secondary N) is 1. The number of anilines is 1. The summed E-state index contributed by atoms with van der Waals surface area (Å²) in [6, 6.07) is 9.92. The van der Waals surface area contributed by atoms with E-state index >= 15 is 0 Å². The monoisotopic (exact) mass is 396 g/mol. The maximum atomic E-state index is 12.4. The maximum Gasteiger partial charge on any atom is 0.234 e. The molecule has 0 spiro atoms. The lowest BCUT2D eigenvalue weighted by Gasteiger charge is -2.11. The first-order valence-electron chi connectivity index (χ1n) is 9.61. The predicted octanol–water partition coefficient (Wildman–Crippen LogP) is 4.41. The van der Waals surface area contributed by atoms with Crippen molar-refractivity contribution in [3.63, 3.8) is 0 Å². The summed E-state index contributed by atoms with van der Waals surface area (Å²) >= 11 is 1.40. The third kappa shape index (κ3) is 4.14. The Morgan fingerprint density at radius 2 is 2.11 bits per heavy atom. The molecule has 6 nitrogen and oxygen atoms in total. The molecule has 1 amide bonds. The highest BCUT2D eigenvalue weighted by molar-refractivity contribution is 7.99. The fourth-order valence-electron chi connectivity index (χ4n) is 3.49. The van der Waals surface area contributed by atoms with Crippen molar-refractivity contribution in [3.05, 3.63) is 47.7 Å². The summed E-state index contributed by atoms with van der Waals surface area (Å²) in [6.45, 7) is 5.04. The second kappa shape index (κ2) is 8.22. The highest BCUT2D eigenvalue weighted by Crippen LogP contribution is 2.27. The number of benzene rings is 1. The fourth-order valence-corrected chi connectivity index (χ4v) is 4.24. The molecule has 7 heteroatoms. The van der Waals surface area contributed by atoms with E-state index in [0.29, 0.717) is 17.5 Å². The molecule has 0 aliphatic heterocycles. The van der Waals surface area contributed by atoms with Crippen molar-refractivity contribution < 1.29 is 9.21 Å². The van der Waals surface area contributed by atoms with Crippen LogP contribution < -0.4 is 5.32 Å². The van der Waals surface area contributed by atoms with E-state index in [1.54, 1.807) is 6.26 Å². The summed E-state index contributed by atoms with van der Waals surface area (Å²) in [5.74, 6) is 2.04. The first-order chi connectivity index (χ1) is 13.6. The summed E-state index contributed by atoms with van der Waals surface area (Å²) in [5.41, 5.74) is 3.62. The van der Waals surface area contributed by atoms with E-state index < -0.39 is 0 Å². The van der Waals surface area contributed by atoms with Crippen molar-refractivity contribution in [3.8, 4) is 11.6 Å². The number of hydrogen-bond donors (Lipinski definition) is 1. The normalized spacial score (nSPS) is 13.1. The lowest BCUT2D eigenvalue weighted by molar-refractivity contribution is -0.113. The Labute approximate surface area is 168 Å². The van der Waals surface area contributed by atoms with Crippen molar-refractivity contribution in [1.82, 2.24) is 14.8 Å². The number of carbonyl (C=O) groups is 1. The molecule has 0 atom stereocenters. The fraction of sp³-hybridized carbons (Fsp3) is 0.381. The number of amides is 1. The van der Waals surface area contributed by atoms with Crippen molar-refractivity contribution in [2.75, 3.05) is 11.1 Å². The van der Waals surface area contributed by atoms with Crippen LogP contribution in [0.4, 0.5) is 5.69 Å². The van der Waals surface area contributed by atoms with Gasteiger partial charge in [0.2, 0.25) is 5.91 Å². The molecule has 28 heavy (non-hydrogen) atoms. The van der Waals surface area contributed by atoms with Gasteiger partial charge in [-0.15, -0.1) is 10.2 Å². The van der Waals surface area contributed by atoms with Gasteiger partial charge in [0.05, 0.1) is 12.0 Å². The van der Waals surface area contributed by atoms with Gasteiger partial charge in [0, 0.05) is 12.2 Å². The van der Waals surface area contributed by atoms with Gasteiger partial charge in [0.1, 0.15) is 0 Å². The van der Waals surface area contributed by atoms with Gasteiger partial charge < -0.3 is 9.73 Å². The Bertz CT molecular complexity index is 963. The molecule has 0 unspecified atom stereocenters. The van der Waals surface area contributed by atoms with Crippen LogP contribution in [-0.4, -0.2) is 26.4 Å². The van der Waals surface area contributed by atoms with Crippen molar-refractivity contribution in [1.29, 1.82) is 0 Å². The first-order valence-corrected chi connectivity index (χ1v) is 10.6. The molecule has 1 aromatic carbocycles. The van der Waals surface area contributed by atoms with Crippen molar-refractivity contribution >= 4 is 23.4 Å². The van der Waals surface area contributed by atoms with Gasteiger partial charge in [-0.1, -0.05) is 31.7 Å². The highest BCUT2D eigenvalue weighted by Gasteiger charge is 2.18. The molecule has 1 N–H and O–H groups in total. The lowest BCUT2D eigenvalue weighted by atomic mass is 10.1. The van der Waals surface area contributed by atoms with Gasteiger partial charge in [-0.05, 0) is 60.6 Å². The molecule has 2 heterocycles. The predicted molar refractivity (Wildman–Crippen MR) is 110 cm³/mol. The van der Waals surface area contributed by atoms with Gasteiger partial charge in [0.25, 0.3) is 0 Å². The molecule has 0 bridgehead atoms. The lowest BCUT2D eigenvalue weighted by Crippen LogP contribution is -2.15. The maximum absolute atomic E-state index is 12.4. The topological polar surface area (TPSA) is 73.0 Å². The zero-order chi connectivity index (χ0) is 19.5. The minimum atomic E-state index is -0.0402. The zero-order valence-electron chi connectivity index (χ0n) is 16.1. The van der Waals surface area contributed by atoms with Crippen LogP contribution >= 0.6 is 11.8 Å². The van der Waals surface area contributed by atoms with E-state index in [1.807, 2.05) is 22.8 Å². The first kappa shape index (κ1) is 18.8. The quantitative estimate of drug-likeness (QED) is 0.599. The van der Waals surface area contributed by atoms with Crippen LogP contribution in [0, 0.1) is 5.92 Å². The third-order valence-corrected chi connectivity index (χ3v) is 5.69. The number of furan rings is 1.